The van der Waals surface area contributed by atoms with E-state index in [2.05, 4.69) is 4.72 Å². The lowest BCUT2D eigenvalue weighted by molar-refractivity contribution is 0.0787. The summed E-state index contributed by atoms with van der Waals surface area (Å²) in [4.78, 5) is 15.2. The van der Waals surface area contributed by atoms with Crippen LogP contribution in [-0.2, 0) is 10.0 Å². The maximum absolute atomic E-state index is 13.4. The van der Waals surface area contributed by atoms with Gasteiger partial charge in [-0.05, 0) is 73.5 Å². The lowest BCUT2D eigenvalue weighted by Crippen LogP contribution is -2.28. The lowest BCUT2D eigenvalue weighted by Gasteiger charge is -2.16. The smallest absolute Gasteiger partial charge is 0.258 e. The summed E-state index contributed by atoms with van der Waals surface area (Å²) in [5.74, 6) is 0.926. The van der Waals surface area contributed by atoms with Crippen molar-refractivity contribution in [3.05, 3.63) is 78.1 Å². The molecule has 1 aliphatic rings. The number of fused-ring (bicyclic) bond motifs is 1. The van der Waals surface area contributed by atoms with Crippen molar-refractivity contribution in [1.82, 2.24) is 4.90 Å². The van der Waals surface area contributed by atoms with Crippen molar-refractivity contribution in [2.75, 3.05) is 18.0 Å². The molecule has 35 heavy (non-hydrogen) atoms. The van der Waals surface area contributed by atoms with Crippen LogP contribution in [0.4, 0.5) is 10.1 Å². The van der Waals surface area contributed by atoms with Crippen molar-refractivity contribution in [3.8, 4) is 22.8 Å². The summed E-state index contributed by atoms with van der Waals surface area (Å²) >= 11 is 0. The van der Waals surface area contributed by atoms with Crippen LogP contribution in [0.15, 0.2) is 71.1 Å². The number of hydrogen-bond donors (Lipinski definition) is 1. The number of nitrogens with one attached hydrogen (secondary N) is 1. The van der Waals surface area contributed by atoms with Crippen molar-refractivity contribution in [3.63, 3.8) is 0 Å². The molecule has 180 valence electrons. The van der Waals surface area contributed by atoms with Crippen molar-refractivity contribution < 1.29 is 26.8 Å². The van der Waals surface area contributed by atoms with Gasteiger partial charge in [0, 0.05) is 30.1 Å². The van der Waals surface area contributed by atoms with Gasteiger partial charge in [-0.2, -0.15) is 0 Å². The number of hydrogen-bond acceptors (Lipinski definition) is 5. The first-order valence-corrected chi connectivity index (χ1v) is 12.9. The number of halogens is 1. The number of carbonyl (C=O) groups is 1. The third kappa shape index (κ3) is 5.00. The number of benzene rings is 3. The molecule has 0 aliphatic heterocycles. The second-order valence-corrected chi connectivity index (χ2v) is 10.4. The average Bonchev–Trinajstić information content (AvgIpc) is 3.59. The van der Waals surface area contributed by atoms with Gasteiger partial charge in [-0.3, -0.25) is 9.52 Å². The number of nitrogens with zero attached hydrogens (tertiary/aromatic N) is 1. The van der Waals surface area contributed by atoms with E-state index < -0.39 is 10.0 Å². The number of carbonyl (C=O) groups excluding carboxylic acids is 1. The van der Waals surface area contributed by atoms with Gasteiger partial charge < -0.3 is 14.1 Å². The Morgan fingerprint density at radius 3 is 2.26 bits per heavy atom. The lowest BCUT2D eigenvalue weighted by atomic mass is 10.0. The molecule has 3 aromatic carbocycles. The van der Waals surface area contributed by atoms with E-state index in [0.717, 1.165) is 19.1 Å². The zero-order valence-corrected chi connectivity index (χ0v) is 19.9. The highest BCUT2D eigenvalue weighted by molar-refractivity contribution is 7.92. The molecule has 0 unspecified atom stereocenters. The summed E-state index contributed by atoms with van der Waals surface area (Å²) in [5.41, 5.74) is 1.83. The van der Waals surface area contributed by atoms with Gasteiger partial charge in [-0.15, -0.1) is 0 Å². The van der Waals surface area contributed by atoms with E-state index in [1.54, 1.807) is 54.4 Å². The van der Waals surface area contributed by atoms with Crippen molar-refractivity contribution in [2.24, 2.45) is 0 Å². The van der Waals surface area contributed by atoms with Crippen molar-refractivity contribution >= 4 is 32.6 Å². The fourth-order valence-corrected chi connectivity index (χ4v) is 4.46. The molecular weight excluding hydrogens is 471 g/mol. The minimum absolute atomic E-state index is 0.156. The van der Waals surface area contributed by atoms with Gasteiger partial charge in [-0.25, -0.2) is 12.8 Å². The molecule has 1 amide bonds. The topological polar surface area (TPSA) is 88.8 Å². The first kappa shape index (κ1) is 22.9. The molecule has 5 rings (SSSR count). The van der Waals surface area contributed by atoms with Crippen LogP contribution in [0.1, 0.15) is 23.2 Å². The van der Waals surface area contributed by atoms with E-state index in [4.69, 9.17) is 9.15 Å². The largest absolute Gasteiger partial charge is 0.457 e. The van der Waals surface area contributed by atoms with Gasteiger partial charge in [0.25, 0.3) is 5.91 Å². The Morgan fingerprint density at radius 2 is 1.66 bits per heavy atom. The molecule has 1 fully saturated rings. The molecule has 1 aliphatic carbocycles. The van der Waals surface area contributed by atoms with Gasteiger partial charge >= 0.3 is 0 Å². The molecule has 0 radical (unpaired) electrons. The first-order chi connectivity index (χ1) is 16.7. The monoisotopic (exact) mass is 494 g/mol. The zero-order valence-electron chi connectivity index (χ0n) is 19.1. The van der Waals surface area contributed by atoms with Crippen molar-refractivity contribution in [1.29, 1.82) is 0 Å². The Labute approximate surface area is 202 Å². The third-order valence-corrected chi connectivity index (χ3v) is 6.39. The predicted octanol–water partition coefficient (Wildman–Crippen LogP) is 5.64. The van der Waals surface area contributed by atoms with Crippen LogP contribution in [0.2, 0.25) is 0 Å². The fraction of sp³-hybridized carbons (Fsp3) is 0.192. The normalized spacial score (nSPS) is 13.6. The van der Waals surface area contributed by atoms with Crippen molar-refractivity contribution in [2.45, 2.75) is 18.9 Å². The van der Waals surface area contributed by atoms with Crippen LogP contribution < -0.4 is 9.46 Å². The van der Waals surface area contributed by atoms with Gasteiger partial charge in [0.2, 0.25) is 10.0 Å². The Kier molecular flexibility index (Phi) is 5.72. The summed E-state index contributed by atoms with van der Waals surface area (Å²) in [6, 6.07) is 17.8. The first-order valence-electron chi connectivity index (χ1n) is 11.0. The summed E-state index contributed by atoms with van der Waals surface area (Å²) < 4.78 is 50.8. The Balaban J connectivity index is 1.53. The van der Waals surface area contributed by atoms with Crippen LogP contribution in [0, 0.1) is 5.82 Å². The van der Waals surface area contributed by atoms with Crippen LogP contribution in [0.3, 0.4) is 0 Å². The highest BCUT2D eigenvalue weighted by atomic mass is 32.2. The van der Waals surface area contributed by atoms with E-state index in [1.807, 2.05) is 0 Å². The molecule has 9 heteroatoms. The summed E-state index contributed by atoms with van der Waals surface area (Å²) in [5, 5.41) is 0.600. The van der Waals surface area contributed by atoms with Gasteiger partial charge in [0.1, 0.15) is 28.7 Å². The van der Waals surface area contributed by atoms with E-state index in [9.17, 15) is 17.6 Å². The number of anilines is 1. The predicted molar refractivity (Wildman–Crippen MR) is 132 cm³/mol. The highest BCUT2D eigenvalue weighted by Crippen LogP contribution is 2.38. The second kappa shape index (κ2) is 8.74. The van der Waals surface area contributed by atoms with E-state index in [-0.39, 0.29) is 17.8 Å². The molecule has 1 heterocycles. The Hall–Kier alpha value is -3.85. The minimum atomic E-state index is -3.47. The minimum Gasteiger partial charge on any atom is -0.457 e. The number of sulfonamides is 1. The van der Waals surface area contributed by atoms with E-state index in [0.29, 0.717) is 45.0 Å². The number of rotatable bonds is 7. The SMILES string of the molecule is CN(C(=O)c1c(-c2ccc(Oc3ccc(F)cc3)cc2)oc2cc(NS(C)(=O)=O)ccc12)C1CC1. The fourth-order valence-electron chi connectivity index (χ4n) is 3.91. The molecule has 0 bridgehead atoms. The molecule has 4 aromatic rings. The van der Waals surface area contributed by atoms with Gasteiger partial charge in [0.15, 0.2) is 0 Å². The molecule has 0 spiro atoms. The Bertz CT molecular complexity index is 1510. The van der Waals surface area contributed by atoms with Gasteiger partial charge in [0.05, 0.1) is 17.5 Å². The molecule has 1 N–H and O–H groups in total. The van der Waals surface area contributed by atoms with Crippen LogP contribution >= 0.6 is 0 Å². The zero-order chi connectivity index (χ0) is 24.7. The van der Waals surface area contributed by atoms with Crippen LogP contribution in [0.25, 0.3) is 22.3 Å². The third-order valence-electron chi connectivity index (χ3n) is 5.79. The maximum atomic E-state index is 13.4. The van der Waals surface area contributed by atoms with Gasteiger partial charge in [-0.1, -0.05) is 0 Å². The maximum Gasteiger partial charge on any atom is 0.258 e. The standard InChI is InChI=1S/C26H23FN2O5S/c1-29(19-8-9-19)26(30)24-22-14-7-18(28-35(2,31)32)15-23(22)34-25(24)16-3-10-20(11-4-16)33-21-12-5-17(27)6-13-21/h3-7,10-15,19,28H,8-9H2,1-2H3. The number of amides is 1. The second-order valence-electron chi connectivity index (χ2n) is 8.62. The summed E-state index contributed by atoms with van der Waals surface area (Å²) in [6.45, 7) is 0. The molecule has 1 aromatic heterocycles. The summed E-state index contributed by atoms with van der Waals surface area (Å²) in [7, 11) is -1.69. The van der Waals surface area contributed by atoms with Crippen LogP contribution in [0.5, 0.6) is 11.5 Å². The molecule has 0 atom stereocenters. The quantitative estimate of drug-likeness (QED) is 0.359. The summed E-state index contributed by atoms with van der Waals surface area (Å²) in [6.07, 6.45) is 3.00. The Morgan fingerprint density at radius 1 is 1.03 bits per heavy atom. The molecule has 7 nitrogen and oxygen atoms in total. The molecule has 1 saturated carbocycles. The molecular formula is C26H23FN2O5S. The van der Waals surface area contributed by atoms with E-state index in [1.165, 1.54) is 24.3 Å². The van der Waals surface area contributed by atoms with E-state index >= 15 is 0 Å². The highest BCUT2D eigenvalue weighted by Gasteiger charge is 2.33. The average molecular weight is 495 g/mol. The van der Waals surface area contributed by atoms with Crippen LogP contribution in [-0.4, -0.2) is 38.6 Å². The molecule has 0 saturated heterocycles. The number of ether oxygens (including phenoxy) is 1. The number of furan rings is 1.